The number of hydrogen-bond acceptors (Lipinski definition) is 5. The Labute approximate surface area is 195 Å². The topological polar surface area (TPSA) is 85.3 Å². The van der Waals surface area contributed by atoms with E-state index in [1.54, 1.807) is 12.0 Å². The highest BCUT2D eigenvalue weighted by Gasteiger charge is 2.40. The quantitative estimate of drug-likeness (QED) is 0.602. The monoisotopic (exact) mass is 455 g/mol. The molecule has 0 saturated heterocycles. The van der Waals surface area contributed by atoms with Gasteiger partial charge < -0.3 is 24.2 Å². The van der Waals surface area contributed by atoms with Gasteiger partial charge in [0.1, 0.15) is 23.0 Å². The predicted octanol–water partition coefficient (Wildman–Crippen LogP) is 4.83. The van der Waals surface area contributed by atoms with Crippen LogP contribution in [0.5, 0.6) is 23.0 Å². The lowest BCUT2D eigenvalue weighted by molar-refractivity contribution is -0.136. The summed E-state index contributed by atoms with van der Waals surface area (Å²) in [4.78, 5) is 25.3. The molecule has 0 unspecified atom stereocenters. The number of nitrogens with zero attached hydrogens (tertiary/aromatic N) is 1. The van der Waals surface area contributed by atoms with Gasteiger partial charge >= 0.3 is 5.97 Å². The number of hydrogen-bond donors (Lipinski definition) is 1. The van der Waals surface area contributed by atoms with Crippen LogP contribution in [-0.2, 0) is 28.0 Å². The summed E-state index contributed by atoms with van der Waals surface area (Å²) in [5, 5.41) is 9.58. The molecule has 0 aromatic heterocycles. The van der Waals surface area contributed by atoms with Gasteiger partial charge in [-0.3, -0.25) is 9.59 Å². The first-order chi connectivity index (χ1) is 15.4. The van der Waals surface area contributed by atoms with Crippen LogP contribution >= 0.6 is 0 Å². The van der Waals surface area contributed by atoms with Crippen molar-refractivity contribution in [3.05, 3.63) is 46.0 Å². The molecule has 1 aliphatic rings. The van der Waals surface area contributed by atoms with E-state index in [1.165, 1.54) is 7.11 Å². The maximum atomic E-state index is 11.9. The summed E-state index contributed by atoms with van der Waals surface area (Å²) < 4.78 is 17.7. The van der Waals surface area contributed by atoms with Crippen molar-refractivity contribution in [2.45, 2.75) is 65.5 Å². The first kappa shape index (κ1) is 24.4. The van der Waals surface area contributed by atoms with Gasteiger partial charge in [0, 0.05) is 27.6 Å². The number of aliphatic carboxylic acids is 1. The fraction of sp³-hybridized carbons (Fsp3) is 0.462. The first-order valence-electron chi connectivity index (χ1n) is 10.9. The molecule has 1 N–H and O–H groups in total. The number of methoxy groups -OCH3 is 2. The van der Waals surface area contributed by atoms with Crippen LogP contribution in [0.25, 0.3) is 0 Å². The zero-order valence-electron chi connectivity index (χ0n) is 20.7. The number of benzene rings is 2. The summed E-state index contributed by atoms with van der Waals surface area (Å²) in [5.74, 6) is 1.18. The molecule has 1 amide bonds. The van der Waals surface area contributed by atoms with E-state index in [0.717, 1.165) is 28.7 Å². The molecule has 7 heteroatoms. The molecule has 178 valence electrons. The third kappa shape index (κ3) is 4.24. The number of rotatable bonds is 7. The van der Waals surface area contributed by atoms with Gasteiger partial charge in [-0.1, -0.05) is 19.9 Å². The van der Waals surface area contributed by atoms with E-state index >= 15 is 0 Å². The fourth-order valence-corrected chi connectivity index (χ4v) is 4.59. The molecule has 1 heterocycles. The minimum absolute atomic E-state index is 0.237. The van der Waals surface area contributed by atoms with Crippen LogP contribution in [0.1, 0.15) is 62.4 Å². The van der Waals surface area contributed by atoms with Gasteiger partial charge in [0.2, 0.25) is 6.41 Å². The molecule has 0 spiro atoms. The van der Waals surface area contributed by atoms with Crippen molar-refractivity contribution in [2.75, 3.05) is 14.2 Å². The standard InChI is InChI=1S/C26H33NO6/c1-15-11-20(32-8)16(12-21(29)30)24-22(15)26(5,6)18-9-10-19(31-7)17(23(18)33-24)13-27(14-28)25(2,3)4/h9-11,14H,12-13H2,1-8H3,(H,29,30). The Morgan fingerprint density at radius 3 is 2.27 bits per heavy atom. The van der Waals surface area contributed by atoms with Crippen LogP contribution in [0.3, 0.4) is 0 Å². The lowest BCUT2D eigenvalue weighted by Crippen LogP contribution is -2.40. The van der Waals surface area contributed by atoms with Crippen molar-refractivity contribution < 1.29 is 28.9 Å². The average molecular weight is 456 g/mol. The predicted molar refractivity (Wildman–Crippen MR) is 126 cm³/mol. The van der Waals surface area contributed by atoms with Gasteiger partial charge in [0.25, 0.3) is 0 Å². The highest BCUT2D eigenvalue weighted by atomic mass is 16.5. The Balaban J connectivity index is 2.32. The Hall–Kier alpha value is -3.22. The van der Waals surface area contributed by atoms with E-state index in [-0.39, 0.29) is 13.0 Å². The SMILES string of the molecule is COc1ccc2c(c1CN(C=O)C(C)(C)C)Oc1c(CC(=O)O)c(OC)cc(C)c1C2(C)C. The number of fused-ring (bicyclic) bond motifs is 2. The van der Waals surface area contributed by atoms with Crippen LogP contribution in [0.2, 0.25) is 0 Å². The van der Waals surface area contributed by atoms with E-state index in [9.17, 15) is 14.7 Å². The van der Waals surface area contributed by atoms with Crippen LogP contribution in [0, 0.1) is 6.92 Å². The van der Waals surface area contributed by atoms with E-state index < -0.39 is 16.9 Å². The van der Waals surface area contributed by atoms with Crippen molar-refractivity contribution in [3.63, 3.8) is 0 Å². The van der Waals surface area contributed by atoms with Crippen LogP contribution in [-0.4, -0.2) is 42.1 Å². The van der Waals surface area contributed by atoms with E-state index in [0.29, 0.717) is 28.6 Å². The van der Waals surface area contributed by atoms with Gasteiger partial charge in [-0.15, -0.1) is 0 Å². The fourth-order valence-electron chi connectivity index (χ4n) is 4.59. The molecule has 1 aliphatic heterocycles. The minimum atomic E-state index is -0.975. The van der Waals surface area contributed by atoms with Crippen molar-refractivity contribution in [3.8, 4) is 23.0 Å². The van der Waals surface area contributed by atoms with E-state index in [1.807, 2.05) is 45.9 Å². The Kier molecular flexibility index (Phi) is 6.37. The molecule has 3 rings (SSSR count). The van der Waals surface area contributed by atoms with Crippen LogP contribution in [0.15, 0.2) is 18.2 Å². The lowest BCUT2D eigenvalue weighted by Gasteiger charge is -2.39. The maximum absolute atomic E-state index is 11.9. The molecule has 0 bridgehead atoms. The Morgan fingerprint density at radius 2 is 1.76 bits per heavy atom. The molecule has 7 nitrogen and oxygen atoms in total. The minimum Gasteiger partial charge on any atom is -0.496 e. The molecule has 2 aromatic rings. The number of carboxylic acids is 1. The molecule has 33 heavy (non-hydrogen) atoms. The molecule has 0 saturated carbocycles. The Morgan fingerprint density at radius 1 is 1.12 bits per heavy atom. The maximum Gasteiger partial charge on any atom is 0.308 e. The number of carbonyl (C=O) groups excluding carboxylic acids is 1. The van der Waals surface area contributed by atoms with Gasteiger partial charge in [0.15, 0.2) is 0 Å². The van der Waals surface area contributed by atoms with Crippen molar-refractivity contribution >= 4 is 12.4 Å². The molecule has 2 aromatic carbocycles. The smallest absolute Gasteiger partial charge is 0.308 e. The van der Waals surface area contributed by atoms with Crippen LogP contribution in [0.4, 0.5) is 0 Å². The molecule has 0 atom stereocenters. The highest BCUT2D eigenvalue weighted by Crippen LogP contribution is 2.54. The summed E-state index contributed by atoms with van der Waals surface area (Å²) in [5.41, 5.74) is 3.14. The molecule has 0 radical (unpaired) electrons. The number of aryl methyl sites for hydroxylation is 1. The molecular formula is C26H33NO6. The number of carboxylic acid groups (broad SMARTS) is 1. The summed E-state index contributed by atoms with van der Waals surface area (Å²) in [6.45, 7) is 12.3. The van der Waals surface area contributed by atoms with Crippen molar-refractivity contribution in [1.82, 2.24) is 4.90 Å². The Bertz CT molecular complexity index is 1100. The second-order valence-corrected chi connectivity index (χ2v) is 9.90. The first-order valence-corrected chi connectivity index (χ1v) is 10.9. The van der Waals surface area contributed by atoms with Crippen LogP contribution < -0.4 is 14.2 Å². The largest absolute Gasteiger partial charge is 0.496 e. The normalized spacial score (nSPS) is 13.9. The average Bonchev–Trinajstić information content (AvgIpc) is 2.71. The third-order valence-electron chi connectivity index (χ3n) is 6.35. The number of carbonyl (C=O) groups is 2. The summed E-state index contributed by atoms with van der Waals surface area (Å²) in [7, 11) is 3.10. The number of ether oxygens (including phenoxy) is 3. The summed E-state index contributed by atoms with van der Waals surface area (Å²) in [6, 6.07) is 5.74. The molecule has 0 fully saturated rings. The third-order valence-corrected chi connectivity index (χ3v) is 6.35. The zero-order chi connectivity index (χ0) is 24.7. The van der Waals surface area contributed by atoms with Gasteiger partial charge in [-0.25, -0.2) is 0 Å². The zero-order valence-corrected chi connectivity index (χ0v) is 20.7. The second-order valence-electron chi connectivity index (χ2n) is 9.90. The van der Waals surface area contributed by atoms with E-state index in [4.69, 9.17) is 14.2 Å². The summed E-state index contributed by atoms with van der Waals surface area (Å²) >= 11 is 0. The van der Waals surface area contributed by atoms with Gasteiger partial charge in [-0.2, -0.15) is 0 Å². The van der Waals surface area contributed by atoms with Gasteiger partial charge in [0.05, 0.1) is 32.7 Å². The van der Waals surface area contributed by atoms with Crippen molar-refractivity contribution in [2.24, 2.45) is 0 Å². The second kappa shape index (κ2) is 8.61. The summed E-state index contributed by atoms with van der Waals surface area (Å²) in [6.07, 6.45) is 0.586. The van der Waals surface area contributed by atoms with Gasteiger partial charge in [-0.05, 0) is 45.4 Å². The highest BCUT2D eigenvalue weighted by molar-refractivity contribution is 5.76. The van der Waals surface area contributed by atoms with E-state index in [2.05, 4.69) is 13.8 Å². The lowest BCUT2D eigenvalue weighted by atomic mass is 9.72. The molecular weight excluding hydrogens is 422 g/mol. The number of amides is 1. The van der Waals surface area contributed by atoms with Crippen molar-refractivity contribution in [1.29, 1.82) is 0 Å². The molecule has 0 aliphatic carbocycles.